The lowest BCUT2D eigenvalue weighted by atomic mass is 9.94. The standard InChI is InChI=1S/C31H36O6/c1-17(2)8-11-21-25(32)15-14-20(30(21)36-7)24-16-37-31-23(13-10-19(5)6)27(33)22(12-9-18(3)4)28(34)26(31)29(24)35/h8-10,14-16,32-34H,11-13H2,1-7H3. The molecule has 6 nitrogen and oxygen atoms in total. The van der Waals surface area contributed by atoms with Crippen molar-refractivity contribution in [3.05, 3.63) is 80.3 Å². The summed E-state index contributed by atoms with van der Waals surface area (Å²) in [7, 11) is 1.48. The fourth-order valence-electron chi connectivity index (χ4n) is 4.20. The molecule has 37 heavy (non-hydrogen) atoms. The zero-order valence-corrected chi connectivity index (χ0v) is 22.7. The van der Waals surface area contributed by atoms with Crippen molar-refractivity contribution in [2.45, 2.75) is 60.8 Å². The van der Waals surface area contributed by atoms with E-state index in [9.17, 15) is 20.1 Å². The lowest BCUT2D eigenvalue weighted by molar-refractivity contribution is 0.402. The largest absolute Gasteiger partial charge is 0.508 e. The first-order chi connectivity index (χ1) is 17.5. The Morgan fingerprint density at radius 1 is 0.784 bits per heavy atom. The van der Waals surface area contributed by atoms with Crippen LogP contribution in [-0.2, 0) is 19.3 Å². The van der Waals surface area contributed by atoms with E-state index in [0.717, 1.165) is 16.7 Å². The second-order valence-electron chi connectivity index (χ2n) is 9.94. The molecule has 3 rings (SSSR count). The van der Waals surface area contributed by atoms with Crippen LogP contribution in [0, 0.1) is 0 Å². The highest BCUT2D eigenvalue weighted by Crippen LogP contribution is 2.42. The van der Waals surface area contributed by atoms with Crippen molar-refractivity contribution in [3.63, 3.8) is 0 Å². The Balaban J connectivity index is 2.39. The number of benzene rings is 2. The SMILES string of the molecule is COc1c(-c2coc3c(CC=C(C)C)c(O)c(CC=C(C)C)c(O)c3c2=O)ccc(O)c1CC=C(C)C. The van der Waals surface area contributed by atoms with Crippen molar-refractivity contribution in [3.8, 4) is 34.1 Å². The Hall–Kier alpha value is -3.93. The fraction of sp³-hybridized carbons (Fsp3) is 0.323. The van der Waals surface area contributed by atoms with E-state index in [2.05, 4.69) is 0 Å². The van der Waals surface area contributed by atoms with Crippen LogP contribution in [0.5, 0.6) is 23.0 Å². The van der Waals surface area contributed by atoms with Crippen molar-refractivity contribution in [1.82, 2.24) is 0 Å². The Bertz CT molecular complexity index is 1470. The molecule has 0 saturated heterocycles. The number of ether oxygens (including phenoxy) is 1. The third-order valence-corrected chi connectivity index (χ3v) is 6.24. The summed E-state index contributed by atoms with van der Waals surface area (Å²) >= 11 is 0. The molecule has 3 aromatic rings. The van der Waals surface area contributed by atoms with E-state index >= 15 is 0 Å². The molecule has 0 radical (unpaired) electrons. The van der Waals surface area contributed by atoms with Gasteiger partial charge in [0.25, 0.3) is 0 Å². The number of rotatable bonds is 8. The third kappa shape index (κ3) is 5.74. The monoisotopic (exact) mass is 504 g/mol. The topological polar surface area (TPSA) is 100 Å². The van der Waals surface area contributed by atoms with Gasteiger partial charge in [-0.05, 0) is 72.9 Å². The van der Waals surface area contributed by atoms with E-state index < -0.39 is 5.43 Å². The molecular weight excluding hydrogens is 468 g/mol. The molecule has 0 bridgehead atoms. The summed E-state index contributed by atoms with van der Waals surface area (Å²) in [6.07, 6.45) is 8.12. The van der Waals surface area contributed by atoms with E-state index in [1.807, 2.05) is 59.8 Å². The van der Waals surface area contributed by atoms with Gasteiger partial charge in [-0.2, -0.15) is 0 Å². The van der Waals surface area contributed by atoms with Crippen LogP contribution in [0.3, 0.4) is 0 Å². The van der Waals surface area contributed by atoms with Gasteiger partial charge in [0.2, 0.25) is 5.43 Å². The van der Waals surface area contributed by atoms with E-state index in [1.165, 1.54) is 19.4 Å². The molecule has 0 unspecified atom stereocenters. The van der Waals surface area contributed by atoms with Crippen LogP contribution >= 0.6 is 0 Å². The van der Waals surface area contributed by atoms with Gasteiger partial charge in [0.05, 0.1) is 12.7 Å². The van der Waals surface area contributed by atoms with Crippen molar-refractivity contribution in [1.29, 1.82) is 0 Å². The first-order valence-electron chi connectivity index (χ1n) is 12.3. The summed E-state index contributed by atoms with van der Waals surface area (Å²) in [6.45, 7) is 11.7. The molecule has 0 amide bonds. The molecule has 0 atom stereocenters. The van der Waals surface area contributed by atoms with Gasteiger partial charge < -0.3 is 24.5 Å². The normalized spacial score (nSPS) is 10.8. The zero-order valence-electron chi connectivity index (χ0n) is 22.7. The summed E-state index contributed by atoms with van der Waals surface area (Å²) in [5.74, 6) is 0.0344. The maximum absolute atomic E-state index is 13.9. The quantitative estimate of drug-likeness (QED) is 0.283. The Morgan fingerprint density at radius 2 is 1.32 bits per heavy atom. The van der Waals surface area contributed by atoms with Gasteiger partial charge in [-0.1, -0.05) is 34.9 Å². The molecule has 0 spiro atoms. The molecule has 0 aliphatic rings. The van der Waals surface area contributed by atoms with Crippen molar-refractivity contribution >= 4 is 11.0 Å². The third-order valence-electron chi connectivity index (χ3n) is 6.24. The zero-order chi connectivity index (χ0) is 27.4. The van der Waals surface area contributed by atoms with Gasteiger partial charge in [-0.25, -0.2) is 0 Å². The number of aromatic hydroxyl groups is 3. The van der Waals surface area contributed by atoms with E-state index in [0.29, 0.717) is 35.3 Å². The predicted octanol–water partition coefficient (Wildman–Crippen LogP) is 7.11. The molecule has 0 aliphatic heterocycles. The maximum Gasteiger partial charge on any atom is 0.204 e. The Kier molecular flexibility index (Phi) is 8.53. The van der Waals surface area contributed by atoms with Gasteiger partial charge >= 0.3 is 0 Å². The second-order valence-corrected chi connectivity index (χ2v) is 9.94. The molecule has 3 N–H and O–H groups in total. The molecule has 0 saturated carbocycles. The van der Waals surface area contributed by atoms with E-state index in [1.54, 1.807) is 6.07 Å². The van der Waals surface area contributed by atoms with E-state index in [4.69, 9.17) is 9.15 Å². The number of fused-ring (bicyclic) bond motifs is 1. The fourth-order valence-corrected chi connectivity index (χ4v) is 4.20. The number of phenols is 3. The van der Waals surface area contributed by atoms with Crippen molar-refractivity contribution in [2.24, 2.45) is 0 Å². The lowest BCUT2D eigenvalue weighted by Crippen LogP contribution is -2.09. The summed E-state index contributed by atoms with van der Waals surface area (Å²) in [5, 5.41) is 32.8. The lowest BCUT2D eigenvalue weighted by Gasteiger charge is -2.17. The molecule has 1 aromatic heterocycles. The molecule has 2 aromatic carbocycles. The minimum absolute atomic E-state index is 0.00517. The van der Waals surface area contributed by atoms with Crippen LogP contribution in [0.4, 0.5) is 0 Å². The minimum atomic E-state index is -0.451. The maximum atomic E-state index is 13.9. The molecule has 1 heterocycles. The van der Waals surface area contributed by atoms with Gasteiger partial charge in [0.15, 0.2) is 0 Å². The summed E-state index contributed by atoms with van der Waals surface area (Å²) < 4.78 is 11.6. The molecular formula is C31H36O6. The summed E-state index contributed by atoms with van der Waals surface area (Å²) in [4.78, 5) is 13.9. The first-order valence-corrected chi connectivity index (χ1v) is 12.3. The minimum Gasteiger partial charge on any atom is -0.508 e. The van der Waals surface area contributed by atoms with Gasteiger partial charge in [0, 0.05) is 22.3 Å². The number of hydrogen-bond acceptors (Lipinski definition) is 6. The summed E-state index contributed by atoms with van der Waals surface area (Å²) in [6, 6.07) is 3.12. The van der Waals surface area contributed by atoms with Crippen LogP contribution in [0.25, 0.3) is 22.1 Å². The van der Waals surface area contributed by atoms with Gasteiger partial charge in [-0.3, -0.25) is 4.79 Å². The van der Waals surface area contributed by atoms with Gasteiger partial charge in [-0.15, -0.1) is 0 Å². The number of allylic oxidation sites excluding steroid dienone is 6. The van der Waals surface area contributed by atoms with Crippen LogP contribution in [0.1, 0.15) is 58.2 Å². The molecule has 6 heteroatoms. The predicted molar refractivity (Wildman–Crippen MR) is 149 cm³/mol. The highest BCUT2D eigenvalue weighted by molar-refractivity contribution is 5.93. The van der Waals surface area contributed by atoms with Crippen LogP contribution in [0.2, 0.25) is 0 Å². The summed E-state index contributed by atoms with van der Waals surface area (Å²) in [5.41, 5.74) is 4.72. The Labute approximate surface area is 217 Å². The van der Waals surface area contributed by atoms with Gasteiger partial charge in [0.1, 0.15) is 40.2 Å². The second kappa shape index (κ2) is 11.4. The smallest absolute Gasteiger partial charge is 0.204 e. The molecule has 196 valence electrons. The number of hydrogen-bond donors (Lipinski definition) is 3. The molecule has 0 aliphatic carbocycles. The number of methoxy groups -OCH3 is 1. The highest BCUT2D eigenvalue weighted by Gasteiger charge is 2.25. The average molecular weight is 505 g/mol. The van der Waals surface area contributed by atoms with Crippen LogP contribution in [-0.4, -0.2) is 22.4 Å². The first kappa shape index (κ1) is 27.7. The highest BCUT2D eigenvalue weighted by atomic mass is 16.5. The number of phenolic OH excluding ortho intramolecular Hbond substituents is 3. The molecule has 0 fully saturated rings. The van der Waals surface area contributed by atoms with Crippen LogP contribution in [0.15, 0.2) is 62.6 Å². The van der Waals surface area contributed by atoms with Crippen LogP contribution < -0.4 is 10.2 Å². The van der Waals surface area contributed by atoms with E-state index in [-0.39, 0.29) is 45.8 Å². The Morgan fingerprint density at radius 3 is 1.86 bits per heavy atom. The van der Waals surface area contributed by atoms with Crippen molar-refractivity contribution < 1.29 is 24.5 Å². The average Bonchev–Trinajstić information content (AvgIpc) is 2.82. The van der Waals surface area contributed by atoms with Crippen molar-refractivity contribution in [2.75, 3.05) is 7.11 Å².